The molecule has 1 aromatic rings. The molecule has 0 unspecified atom stereocenters. The number of rotatable bonds is 3. The Bertz CT molecular complexity index is 476. The van der Waals surface area contributed by atoms with Gasteiger partial charge in [-0.25, -0.2) is 13.2 Å². The first-order valence-corrected chi connectivity index (χ1v) is 5.94. The van der Waals surface area contributed by atoms with Gasteiger partial charge in [0.1, 0.15) is 0 Å². The third-order valence-corrected chi connectivity index (χ3v) is 2.95. The van der Waals surface area contributed by atoms with Crippen molar-refractivity contribution in [3.05, 3.63) is 35.1 Å². The van der Waals surface area contributed by atoms with Crippen molar-refractivity contribution in [1.82, 2.24) is 15.5 Å². The molecule has 1 aromatic carbocycles. The molecule has 1 amide bonds. The number of halogens is 3. The predicted octanol–water partition coefficient (Wildman–Crippen LogP) is 0.696. The first-order chi connectivity index (χ1) is 9.09. The molecule has 104 valence electrons. The van der Waals surface area contributed by atoms with Gasteiger partial charge in [0.05, 0.1) is 12.2 Å². The van der Waals surface area contributed by atoms with Crippen LogP contribution in [0.5, 0.6) is 0 Å². The van der Waals surface area contributed by atoms with E-state index in [4.69, 9.17) is 0 Å². The van der Waals surface area contributed by atoms with E-state index in [1.165, 1.54) is 0 Å². The van der Waals surface area contributed by atoms with Crippen molar-refractivity contribution in [3.8, 4) is 0 Å². The maximum atomic E-state index is 13.4. The molecule has 1 fully saturated rings. The smallest absolute Gasteiger partial charge is 0.255 e. The average Bonchev–Trinajstić information content (AvgIpc) is 2.43. The van der Waals surface area contributed by atoms with E-state index in [1.807, 2.05) is 4.90 Å². The highest BCUT2D eigenvalue weighted by Gasteiger charge is 2.19. The van der Waals surface area contributed by atoms with E-state index in [-0.39, 0.29) is 6.67 Å². The number of hydrogen-bond donors (Lipinski definition) is 2. The largest absolute Gasteiger partial charge is 0.339 e. The van der Waals surface area contributed by atoms with Crippen molar-refractivity contribution >= 4 is 5.91 Å². The topological polar surface area (TPSA) is 44.4 Å². The van der Waals surface area contributed by atoms with Crippen LogP contribution in [0.15, 0.2) is 12.1 Å². The lowest BCUT2D eigenvalue weighted by atomic mass is 10.2. The van der Waals surface area contributed by atoms with Crippen molar-refractivity contribution in [2.24, 2.45) is 0 Å². The van der Waals surface area contributed by atoms with Crippen LogP contribution in [0.4, 0.5) is 13.2 Å². The Labute approximate surface area is 108 Å². The molecule has 0 atom stereocenters. The lowest BCUT2D eigenvalue weighted by molar-refractivity contribution is 0.0912. The van der Waals surface area contributed by atoms with Gasteiger partial charge in [-0.1, -0.05) is 0 Å². The third kappa shape index (κ3) is 3.24. The van der Waals surface area contributed by atoms with Crippen LogP contribution in [0.3, 0.4) is 0 Å². The highest BCUT2D eigenvalue weighted by atomic mass is 19.2. The Morgan fingerprint density at radius 1 is 1.21 bits per heavy atom. The molecule has 19 heavy (non-hydrogen) atoms. The summed E-state index contributed by atoms with van der Waals surface area (Å²) in [6.45, 7) is 3.41. The van der Waals surface area contributed by atoms with E-state index in [2.05, 4.69) is 10.6 Å². The van der Waals surface area contributed by atoms with Crippen LogP contribution in [0.25, 0.3) is 0 Å². The normalized spacial score (nSPS) is 16.4. The molecular formula is C12H14F3N3O. The fourth-order valence-corrected chi connectivity index (χ4v) is 1.85. The van der Waals surface area contributed by atoms with Gasteiger partial charge in [-0.05, 0) is 12.1 Å². The number of carbonyl (C=O) groups excluding carboxylic acids is 1. The standard InChI is InChI=1S/C12H14F3N3O/c13-9-2-1-8(10(14)11(9)15)12(19)17-7-18-5-3-16-4-6-18/h1-2,16H,3-7H2,(H,17,19). The van der Waals surface area contributed by atoms with Crippen molar-refractivity contribution < 1.29 is 18.0 Å². The number of hydrogen-bond acceptors (Lipinski definition) is 3. The summed E-state index contributed by atoms with van der Waals surface area (Å²) in [5.41, 5.74) is -0.492. The summed E-state index contributed by atoms with van der Waals surface area (Å²) in [4.78, 5) is 13.7. The van der Waals surface area contributed by atoms with Gasteiger partial charge < -0.3 is 10.6 Å². The van der Waals surface area contributed by atoms with Gasteiger partial charge in [-0.2, -0.15) is 0 Å². The molecule has 0 radical (unpaired) electrons. The summed E-state index contributed by atoms with van der Waals surface area (Å²) >= 11 is 0. The Morgan fingerprint density at radius 3 is 2.58 bits per heavy atom. The quantitative estimate of drug-likeness (QED) is 0.797. The molecule has 4 nitrogen and oxygen atoms in total. The summed E-state index contributed by atoms with van der Waals surface area (Å²) in [5.74, 6) is -5.15. The zero-order valence-corrected chi connectivity index (χ0v) is 10.2. The lowest BCUT2D eigenvalue weighted by Gasteiger charge is -2.27. The average molecular weight is 273 g/mol. The maximum Gasteiger partial charge on any atom is 0.255 e. The SMILES string of the molecule is O=C(NCN1CCNCC1)c1ccc(F)c(F)c1F. The van der Waals surface area contributed by atoms with Crippen molar-refractivity contribution in [3.63, 3.8) is 0 Å². The lowest BCUT2D eigenvalue weighted by Crippen LogP contribution is -2.48. The van der Waals surface area contributed by atoms with Crippen molar-refractivity contribution in [2.75, 3.05) is 32.8 Å². The minimum atomic E-state index is -1.63. The van der Waals surface area contributed by atoms with E-state index < -0.39 is 28.9 Å². The Hall–Kier alpha value is -1.60. The Kier molecular flexibility index (Phi) is 4.39. The molecular weight excluding hydrogens is 259 g/mol. The van der Waals surface area contributed by atoms with Crippen LogP contribution >= 0.6 is 0 Å². The van der Waals surface area contributed by atoms with E-state index in [1.54, 1.807) is 0 Å². The van der Waals surface area contributed by atoms with Crippen LogP contribution in [-0.4, -0.2) is 43.7 Å². The molecule has 0 saturated carbocycles. The molecule has 2 N–H and O–H groups in total. The summed E-state index contributed by atoms with van der Waals surface area (Å²) in [6, 6.07) is 1.67. The van der Waals surface area contributed by atoms with Crippen LogP contribution in [0, 0.1) is 17.5 Å². The highest BCUT2D eigenvalue weighted by Crippen LogP contribution is 2.14. The van der Waals surface area contributed by atoms with Gasteiger partial charge in [-0.3, -0.25) is 9.69 Å². The zero-order valence-electron chi connectivity index (χ0n) is 10.2. The summed E-state index contributed by atoms with van der Waals surface area (Å²) in [6.07, 6.45) is 0. The van der Waals surface area contributed by atoms with Crippen LogP contribution in [0.1, 0.15) is 10.4 Å². The van der Waals surface area contributed by atoms with Gasteiger partial charge in [0, 0.05) is 26.2 Å². The number of carbonyl (C=O) groups is 1. The first-order valence-electron chi connectivity index (χ1n) is 5.94. The first kappa shape index (κ1) is 13.8. The molecule has 0 aliphatic carbocycles. The molecule has 1 heterocycles. The predicted molar refractivity (Wildman–Crippen MR) is 63.1 cm³/mol. The number of nitrogens with zero attached hydrogens (tertiary/aromatic N) is 1. The third-order valence-electron chi connectivity index (χ3n) is 2.95. The van der Waals surface area contributed by atoms with E-state index in [9.17, 15) is 18.0 Å². The molecule has 7 heteroatoms. The fourth-order valence-electron chi connectivity index (χ4n) is 1.85. The van der Waals surface area contributed by atoms with Crippen LogP contribution < -0.4 is 10.6 Å². The minimum Gasteiger partial charge on any atom is -0.339 e. The molecule has 0 bridgehead atoms. The highest BCUT2D eigenvalue weighted by molar-refractivity contribution is 5.94. The van der Waals surface area contributed by atoms with Gasteiger partial charge in [0.2, 0.25) is 0 Å². The fraction of sp³-hybridized carbons (Fsp3) is 0.417. The number of amides is 1. The summed E-state index contributed by atoms with van der Waals surface area (Å²) < 4.78 is 39.1. The Morgan fingerprint density at radius 2 is 1.89 bits per heavy atom. The summed E-state index contributed by atoms with van der Waals surface area (Å²) in [5, 5.41) is 5.64. The van der Waals surface area contributed by atoms with E-state index in [0.717, 1.165) is 38.3 Å². The van der Waals surface area contributed by atoms with E-state index in [0.29, 0.717) is 0 Å². The summed E-state index contributed by atoms with van der Waals surface area (Å²) in [7, 11) is 0. The van der Waals surface area contributed by atoms with Crippen LogP contribution in [0.2, 0.25) is 0 Å². The second-order valence-corrected chi connectivity index (χ2v) is 4.25. The molecule has 2 rings (SSSR count). The van der Waals surface area contributed by atoms with Crippen molar-refractivity contribution in [2.45, 2.75) is 0 Å². The molecule has 0 aromatic heterocycles. The zero-order chi connectivity index (χ0) is 13.8. The van der Waals surface area contributed by atoms with E-state index >= 15 is 0 Å². The van der Waals surface area contributed by atoms with Crippen LogP contribution in [-0.2, 0) is 0 Å². The van der Waals surface area contributed by atoms with Gasteiger partial charge >= 0.3 is 0 Å². The Balaban J connectivity index is 1.98. The molecule has 0 spiro atoms. The van der Waals surface area contributed by atoms with Gasteiger partial charge in [-0.15, -0.1) is 0 Å². The second kappa shape index (κ2) is 6.03. The van der Waals surface area contributed by atoms with Gasteiger partial charge in [0.15, 0.2) is 17.5 Å². The number of nitrogens with one attached hydrogen (secondary N) is 2. The second-order valence-electron chi connectivity index (χ2n) is 4.25. The molecule has 1 aliphatic rings. The van der Waals surface area contributed by atoms with Crippen molar-refractivity contribution in [1.29, 1.82) is 0 Å². The molecule has 1 saturated heterocycles. The molecule has 1 aliphatic heterocycles. The minimum absolute atomic E-state index is 0.249. The monoisotopic (exact) mass is 273 g/mol. The number of benzene rings is 1. The maximum absolute atomic E-state index is 13.4. The number of piperazine rings is 1. The van der Waals surface area contributed by atoms with Gasteiger partial charge in [0.25, 0.3) is 5.91 Å².